The maximum Gasteiger partial charge on any atom is 0.367 e. The maximum atomic E-state index is 11.9. The molecular weight excluding hydrogens is 417 g/mol. The van der Waals surface area contributed by atoms with E-state index in [2.05, 4.69) is 49.4 Å². The number of halogens is 3. The van der Waals surface area contributed by atoms with Crippen molar-refractivity contribution in [2.24, 2.45) is 0 Å². The van der Waals surface area contributed by atoms with E-state index in [4.69, 9.17) is 10.2 Å². The summed E-state index contributed by atoms with van der Waals surface area (Å²) < 4.78 is 64.4. The summed E-state index contributed by atoms with van der Waals surface area (Å²) >= 11 is 0. The van der Waals surface area contributed by atoms with Gasteiger partial charge in [0.25, 0.3) is 0 Å². The third kappa shape index (κ3) is 6.63. The van der Waals surface area contributed by atoms with Crippen LogP contribution in [-0.2, 0) is 26.8 Å². The first-order chi connectivity index (χ1) is 13.1. The van der Waals surface area contributed by atoms with Gasteiger partial charge in [-0.2, -0.15) is 8.78 Å². The minimum absolute atomic E-state index is 0.307. The number of aliphatic hydroxyl groups excluding tert-OH is 2. The van der Waals surface area contributed by atoms with Gasteiger partial charge in [-0.05, 0) is 28.6 Å². The Morgan fingerprint density at radius 1 is 1.14 bits per heavy atom. The topological polar surface area (TPSA) is 97.7 Å². The molecule has 10 heteroatoms. The summed E-state index contributed by atoms with van der Waals surface area (Å²) in [5.41, 5.74) is 1.42. The Labute approximate surface area is 165 Å². The summed E-state index contributed by atoms with van der Waals surface area (Å²) in [7, 11) is -5.72. The van der Waals surface area contributed by atoms with Gasteiger partial charge >= 0.3 is 5.25 Å². The van der Waals surface area contributed by atoms with E-state index in [1.165, 1.54) is 16.3 Å². The van der Waals surface area contributed by atoms with Gasteiger partial charge in [-0.3, -0.25) is 0 Å². The summed E-state index contributed by atoms with van der Waals surface area (Å²) in [6, 6.07) is 15.1. The highest BCUT2D eigenvalue weighted by atomic mass is 32.2. The Hall–Kier alpha value is -1.33. The number of hydrogen-bond donors (Lipinski definition) is 2. The first-order valence-electron chi connectivity index (χ1n) is 8.38. The quantitative estimate of drug-likeness (QED) is 0.485. The van der Waals surface area contributed by atoms with Crippen molar-refractivity contribution in [1.82, 2.24) is 0 Å². The van der Waals surface area contributed by atoms with Gasteiger partial charge in [0.15, 0.2) is 16.3 Å². The van der Waals surface area contributed by atoms with Crippen molar-refractivity contribution in [2.75, 3.05) is 24.7 Å². The molecule has 2 atom stereocenters. The van der Waals surface area contributed by atoms with Gasteiger partial charge in [0, 0.05) is 5.56 Å². The second-order valence-electron chi connectivity index (χ2n) is 5.78. The van der Waals surface area contributed by atoms with Crippen LogP contribution in [0.2, 0.25) is 0 Å². The number of benzene rings is 2. The number of hydrogen-bond acceptors (Lipinski definition) is 5. The van der Waals surface area contributed by atoms with Gasteiger partial charge < -0.3 is 14.8 Å². The lowest BCUT2D eigenvalue weighted by Gasteiger charge is -2.21. The predicted molar refractivity (Wildman–Crippen MR) is 104 cm³/mol. The molecule has 0 aliphatic heterocycles. The molecule has 2 unspecified atom stereocenters. The molecule has 0 heterocycles. The SMILES string of the molecule is CC[S+](CCO)Cc1cccc2ccccc12.O=S(=O)([O-])C(F)(F)C(F)CO. The van der Waals surface area contributed by atoms with E-state index in [9.17, 15) is 26.1 Å². The second-order valence-corrected chi connectivity index (χ2v) is 9.73. The van der Waals surface area contributed by atoms with E-state index in [0.717, 1.165) is 17.3 Å². The van der Waals surface area contributed by atoms with Crippen LogP contribution in [0.1, 0.15) is 12.5 Å². The molecule has 0 aliphatic rings. The van der Waals surface area contributed by atoms with Gasteiger partial charge in [-0.1, -0.05) is 42.5 Å². The normalized spacial score (nSPS) is 14.2. The van der Waals surface area contributed by atoms with Crippen LogP contribution in [0.5, 0.6) is 0 Å². The van der Waals surface area contributed by atoms with Gasteiger partial charge in [0.05, 0.1) is 13.2 Å². The molecule has 0 saturated carbocycles. The average Bonchev–Trinajstić information content (AvgIpc) is 2.66. The molecule has 0 aliphatic carbocycles. The summed E-state index contributed by atoms with van der Waals surface area (Å²) in [6.45, 7) is 0.806. The summed E-state index contributed by atoms with van der Waals surface area (Å²) in [5, 5.41) is 14.5. The van der Waals surface area contributed by atoms with E-state index in [0.29, 0.717) is 17.5 Å². The van der Waals surface area contributed by atoms with Crippen molar-refractivity contribution < 1.29 is 36.4 Å². The van der Waals surface area contributed by atoms with Crippen LogP contribution >= 0.6 is 0 Å². The lowest BCUT2D eigenvalue weighted by atomic mass is 10.1. The molecule has 0 amide bonds. The molecule has 0 spiro atoms. The zero-order valence-corrected chi connectivity index (χ0v) is 16.9. The molecule has 2 N–H and O–H groups in total. The fraction of sp³-hybridized carbons (Fsp3) is 0.444. The minimum atomic E-state index is -6.03. The first kappa shape index (κ1) is 24.7. The van der Waals surface area contributed by atoms with Crippen LogP contribution in [0.3, 0.4) is 0 Å². The van der Waals surface area contributed by atoms with E-state index in [-0.39, 0.29) is 0 Å². The predicted octanol–water partition coefficient (Wildman–Crippen LogP) is 2.43. The zero-order chi connectivity index (χ0) is 21.4. The number of alkyl halides is 3. The van der Waals surface area contributed by atoms with Crippen LogP contribution in [0.4, 0.5) is 13.2 Å². The van der Waals surface area contributed by atoms with Crippen LogP contribution in [0.25, 0.3) is 10.8 Å². The Balaban J connectivity index is 0.000000311. The van der Waals surface area contributed by atoms with E-state index in [1.54, 1.807) is 0 Å². The lowest BCUT2D eigenvalue weighted by molar-refractivity contribution is -0.0273. The van der Waals surface area contributed by atoms with Crippen molar-refractivity contribution in [3.05, 3.63) is 48.0 Å². The summed E-state index contributed by atoms with van der Waals surface area (Å²) in [5.74, 6) is 3.18. The minimum Gasteiger partial charge on any atom is -0.743 e. The molecule has 28 heavy (non-hydrogen) atoms. The third-order valence-electron chi connectivity index (χ3n) is 3.89. The molecule has 5 nitrogen and oxygen atoms in total. The molecule has 0 aromatic heterocycles. The Bertz CT molecular complexity index is 841. The summed E-state index contributed by atoms with van der Waals surface area (Å²) in [4.78, 5) is 0. The lowest BCUT2D eigenvalue weighted by Crippen LogP contribution is -2.40. The Morgan fingerprint density at radius 3 is 2.25 bits per heavy atom. The second kappa shape index (κ2) is 11.0. The highest BCUT2D eigenvalue weighted by Gasteiger charge is 2.46. The molecule has 158 valence electrons. The van der Waals surface area contributed by atoms with Crippen molar-refractivity contribution in [3.63, 3.8) is 0 Å². The molecule has 0 saturated heterocycles. The van der Waals surface area contributed by atoms with Crippen molar-refractivity contribution in [2.45, 2.75) is 24.1 Å². The number of rotatable bonds is 8. The van der Waals surface area contributed by atoms with Gasteiger partial charge in [0.2, 0.25) is 0 Å². The fourth-order valence-electron chi connectivity index (χ4n) is 2.35. The fourth-order valence-corrected chi connectivity index (χ4v) is 4.32. The molecule has 2 rings (SSSR count). The smallest absolute Gasteiger partial charge is 0.367 e. The molecular formula is C18H23F3O5S2. The first-order valence-corrected chi connectivity index (χ1v) is 11.5. The highest BCUT2D eigenvalue weighted by molar-refractivity contribution is 7.96. The van der Waals surface area contributed by atoms with Crippen LogP contribution in [0, 0.1) is 0 Å². The van der Waals surface area contributed by atoms with Gasteiger partial charge in [0.1, 0.15) is 17.3 Å². The van der Waals surface area contributed by atoms with E-state index >= 15 is 0 Å². The standard InChI is InChI=1S/C15H19OS.C3H5F3O4S/c1-2-17(11-10-16)12-14-8-5-7-13-6-3-4-9-15(13)14;4-2(1-7)3(5,6)11(8,9)10/h3-9,16H,2,10-12H2,1H3;2,7H,1H2,(H,8,9,10)/q+1;/p-1. The van der Waals surface area contributed by atoms with E-state index < -0.39 is 28.2 Å². The molecule has 0 radical (unpaired) electrons. The summed E-state index contributed by atoms with van der Waals surface area (Å²) in [6.07, 6.45) is -3.37. The van der Waals surface area contributed by atoms with E-state index in [1.807, 2.05) is 0 Å². The highest BCUT2D eigenvalue weighted by Crippen LogP contribution is 2.26. The average molecular weight is 441 g/mol. The number of fused-ring (bicyclic) bond motifs is 1. The van der Waals surface area contributed by atoms with Crippen molar-refractivity contribution in [1.29, 1.82) is 0 Å². The molecule has 2 aromatic rings. The van der Waals surface area contributed by atoms with Crippen LogP contribution < -0.4 is 0 Å². The van der Waals surface area contributed by atoms with Crippen LogP contribution in [-0.4, -0.2) is 59.3 Å². The number of aliphatic hydroxyl groups is 2. The van der Waals surface area contributed by atoms with Crippen molar-refractivity contribution in [3.8, 4) is 0 Å². The van der Waals surface area contributed by atoms with Crippen LogP contribution in [0.15, 0.2) is 42.5 Å². The monoisotopic (exact) mass is 440 g/mol. The molecule has 0 fully saturated rings. The molecule has 2 aromatic carbocycles. The van der Waals surface area contributed by atoms with Gasteiger partial charge in [-0.15, -0.1) is 0 Å². The zero-order valence-electron chi connectivity index (χ0n) is 15.2. The van der Waals surface area contributed by atoms with Crippen molar-refractivity contribution >= 4 is 31.8 Å². The Morgan fingerprint density at radius 2 is 1.75 bits per heavy atom. The largest absolute Gasteiger partial charge is 0.743 e. The molecule has 0 bridgehead atoms. The van der Waals surface area contributed by atoms with Gasteiger partial charge in [-0.25, -0.2) is 12.8 Å². The maximum absolute atomic E-state index is 11.9. The third-order valence-corrected chi connectivity index (χ3v) is 7.10. The Kier molecular flexibility index (Phi) is 9.72.